The molecule has 0 radical (unpaired) electrons. The van der Waals surface area contributed by atoms with Crippen LogP contribution in [0.25, 0.3) is 0 Å². The Morgan fingerprint density at radius 1 is 1.25 bits per heavy atom. The minimum atomic E-state index is -1.99. The number of piperidine rings is 1. The molecule has 0 aromatic heterocycles. The van der Waals surface area contributed by atoms with E-state index >= 15 is 0 Å². The lowest BCUT2D eigenvalue weighted by atomic mass is 9.49. The number of nitro groups is 1. The monoisotopic (exact) mass is 390 g/mol. The van der Waals surface area contributed by atoms with Crippen molar-refractivity contribution in [2.75, 3.05) is 0 Å². The van der Waals surface area contributed by atoms with Crippen molar-refractivity contribution in [2.24, 2.45) is 16.7 Å². The van der Waals surface area contributed by atoms with Crippen LogP contribution < -0.4 is 15.5 Å². The van der Waals surface area contributed by atoms with Crippen LogP contribution in [0.15, 0.2) is 24.3 Å². The maximum Gasteiger partial charge on any atom is 0.269 e. The number of nitrogens with zero attached hydrogens (tertiary/aromatic N) is 1. The third-order valence-electron chi connectivity index (χ3n) is 6.17. The second-order valence-corrected chi connectivity index (χ2v) is 7.73. The number of nitrogens with one attached hydrogen (secondary N) is 1. The van der Waals surface area contributed by atoms with E-state index in [4.69, 9.17) is 0 Å². The second kappa shape index (κ2) is 7.31. The molecule has 9 heteroatoms. The minimum Gasteiger partial charge on any atom is -0.549 e. The van der Waals surface area contributed by atoms with Crippen LogP contribution in [0.4, 0.5) is 5.69 Å². The number of benzene rings is 1. The first-order chi connectivity index (χ1) is 12.9. The Hall–Kier alpha value is -2.81. The molecule has 0 spiro atoms. The minimum absolute atomic E-state index is 0.124. The third-order valence-corrected chi connectivity index (χ3v) is 6.17. The number of carboxylic acids is 2. The van der Waals surface area contributed by atoms with Gasteiger partial charge in [0.05, 0.1) is 16.9 Å². The highest BCUT2D eigenvalue weighted by Crippen LogP contribution is 2.57. The van der Waals surface area contributed by atoms with Gasteiger partial charge in [0.2, 0.25) is 0 Å². The molecule has 1 heterocycles. The van der Waals surface area contributed by atoms with Gasteiger partial charge in [0.25, 0.3) is 5.69 Å². The zero-order valence-corrected chi connectivity index (χ0v) is 16.0. The average Bonchev–Trinajstić information content (AvgIpc) is 2.61. The summed E-state index contributed by atoms with van der Waals surface area (Å²) in [6.45, 7) is 5.97. The Balaban J connectivity index is 2.94. The molecule has 1 aliphatic heterocycles. The molecule has 1 fully saturated rings. The molecule has 9 nitrogen and oxygen atoms in total. The lowest BCUT2D eigenvalue weighted by Gasteiger charge is -2.61. The molecule has 152 valence electrons. The van der Waals surface area contributed by atoms with Gasteiger partial charge in [0.15, 0.2) is 0 Å². The molecule has 1 aromatic carbocycles. The molecule has 1 aromatic rings. The summed E-state index contributed by atoms with van der Waals surface area (Å²) < 4.78 is 0. The maximum absolute atomic E-state index is 12.4. The summed E-state index contributed by atoms with van der Waals surface area (Å²) in [6.07, 6.45) is 0.399. The largest absolute Gasteiger partial charge is 0.549 e. The number of carbonyl (C=O) groups excluding carboxylic acids is 3. The fourth-order valence-electron chi connectivity index (χ4n) is 4.74. The van der Waals surface area contributed by atoms with E-state index < -0.39 is 51.6 Å². The van der Waals surface area contributed by atoms with Gasteiger partial charge in [-0.3, -0.25) is 10.1 Å². The summed E-state index contributed by atoms with van der Waals surface area (Å²) in [6, 6.07) is 3.03. The molecule has 0 amide bonds. The number of hydrogen-bond acceptors (Lipinski definition) is 8. The molecule has 1 N–H and O–H groups in total. The van der Waals surface area contributed by atoms with Crippen molar-refractivity contribution in [1.29, 1.82) is 0 Å². The summed E-state index contributed by atoms with van der Waals surface area (Å²) in [5.74, 6) is -5.08. The van der Waals surface area contributed by atoms with Crippen LogP contribution in [-0.4, -0.2) is 35.2 Å². The average molecular weight is 390 g/mol. The number of carbonyl (C=O) groups is 3. The van der Waals surface area contributed by atoms with Crippen molar-refractivity contribution in [3.05, 3.63) is 39.9 Å². The molecule has 0 aliphatic carbocycles. The van der Waals surface area contributed by atoms with E-state index in [2.05, 4.69) is 5.32 Å². The van der Waals surface area contributed by atoms with E-state index in [1.54, 1.807) is 13.8 Å². The van der Waals surface area contributed by atoms with Gasteiger partial charge in [-0.1, -0.05) is 32.9 Å². The highest BCUT2D eigenvalue weighted by Gasteiger charge is 2.62. The van der Waals surface area contributed by atoms with E-state index in [1.807, 2.05) is 0 Å². The van der Waals surface area contributed by atoms with Crippen LogP contribution in [0.5, 0.6) is 0 Å². The Morgan fingerprint density at radius 2 is 1.86 bits per heavy atom. The van der Waals surface area contributed by atoms with Gasteiger partial charge >= 0.3 is 0 Å². The van der Waals surface area contributed by atoms with Crippen LogP contribution in [0.1, 0.15) is 39.2 Å². The van der Waals surface area contributed by atoms with Crippen LogP contribution in [-0.2, 0) is 14.4 Å². The van der Waals surface area contributed by atoms with Gasteiger partial charge in [-0.05, 0) is 18.4 Å². The second-order valence-electron chi connectivity index (χ2n) is 7.73. The number of aliphatic carboxylic acids is 2. The van der Waals surface area contributed by atoms with Gasteiger partial charge in [0, 0.05) is 40.9 Å². The van der Waals surface area contributed by atoms with Gasteiger partial charge in [-0.15, -0.1) is 0 Å². The first kappa shape index (κ1) is 21.5. The quantitative estimate of drug-likeness (QED) is 0.383. The smallest absolute Gasteiger partial charge is 0.269 e. The molecule has 5 unspecified atom stereocenters. The molecule has 0 bridgehead atoms. The highest BCUT2D eigenvalue weighted by atomic mass is 16.6. The summed E-state index contributed by atoms with van der Waals surface area (Å²) in [5.41, 5.74) is -3.96. The lowest BCUT2D eigenvalue weighted by molar-refractivity contribution is -0.385. The summed E-state index contributed by atoms with van der Waals surface area (Å²) in [4.78, 5) is 47.0. The van der Waals surface area contributed by atoms with Crippen LogP contribution >= 0.6 is 0 Å². The van der Waals surface area contributed by atoms with Crippen molar-refractivity contribution in [3.63, 3.8) is 0 Å². The van der Waals surface area contributed by atoms with Crippen LogP contribution in [0.3, 0.4) is 0 Å². The molecular weight excluding hydrogens is 368 g/mol. The molecular formula is C19H22N2O7-2. The fourth-order valence-corrected chi connectivity index (χ4v) is 4.74. The van der Waals surface area contributed by atoms with E-state index in [0.717, 1.165) is 6.07 Å². The Morgan fingerprint density at radius 3 is 2.29 bits per heavy atom. The Bertz CT molecular complexity index is 824. The lowest BCUT2D eigenvalue weighted by Crippen LogP contribution is -2.74. The molecule has 1 aliphatic rings. The van der Waals surface area contributed by atoms with E-state index in [-0.39, 0.29) is 11.3 Å². The van der Waals surface area contributed by atoms with Crippen molar-refractivity contribution in [1.82, 2.24) is 5.32 Å². The van der Waals surface area contributed by atoms with Gasteiger partial charge in [-0.25, -0.2) is 0 Å². The van der Waals surface area contributed by atoms with Crippen molar-refractivity contribution >= 4 is 23.9 Å². The van der Waals surface area contributed by atoms with Gasteiger partial charge < -0.3 is 29.9 Å². The molecule has 5 atom stereocenters. The Labute approximate surface area is 161 Å². The van der Waals surface area contributed by atoms with Crippen molar-refractivity contribution in [3.8, 4) is 0 Å². The van der Waals surface area contributed by atoms with Gasteiger partial charge in [0.1, 0.15) is 6.29 Å². The number of hydrogen-bond donors (Lipinski definition) is 1. The maximum atomic E-state index is 12.4. The van der Waals surface area contributed by atoms with Crippen molar-refractivity contribution in [2.45, 2.75) is 45.7 Å². The number of aldehydes is 1. The fraction of sp³-hybridized carbons (Fsp3) is 0.526. The SMILES string of the molecule is CC(C)C1(C(=O)[O-])C(C)NC(C=O)C(C)(C(=O)[O-])C1c1cccc([N+](=O)[O-])c1. The van der Waals surface area contributed by atoms with Crippen LogP contribution in [0.2, 0.25) is 0 Å². The number of carboxylic acid groups (broad SMARTS) is 2. The zero-order valence-electron chi connectivity index (χ0n) is 16.0. The predicted octanol–water partition coefficient (Wildman–Crippen LogP) is -0.614. The first-order valence-corrected chi connectivity index (χ1v) is 8.84. The predicted molar refractivity (Wildman–Crippen MR) is 93.7 cm³/mol. The molecule has 2 rings (SSSR count). The van der Waals surface area contributed by atoms with E-state index in [0.29, 0.717) is 6.29 Å². The number of non-ortho nitro benzene ring substituents is 1. The van der Waals surface area contributed by atoms with Crippen LogP contribution in [0, 0.1) is 26.9 Å². The first-order valence-electron chi connectivity index (χ1n) is 8.84. The normalized spacial score (nSPS) is 32.7. The standard InChI is InChI=1S/C19H24N2O7/c1-10(2)19(17(25)26)11(3)20-14(9-22)18(4,16(23)24)15(19)12-6-5-7-13(8-12)21(27)28/h5-11,14-15,20H,1-4H3,(H,23,24)(H,25,26)/p-2. The molecule has 1 saturated heterocycles. The molecule has 28 heavy (non-hydrogen) atoms. The topological polar surface area (TPSA) is 152 Å². The number of rotatable bonds is 6. The van der Waals surface area contributed by atoms with E-state index in [1.165, 1.54) is 32.0 Å². The van der Waals surface area contributed by atoms with E-state index in [9.17, 15) is 34.7 Å². The summed E-state index contributed by atoms with van der Waals surface area (Å²) in [7, 11) is 0. The summed E-state index contributed by atoms with van der Waals surface area (Å²) in [5, 5.41) is 38.7. The Kier molecular flexibility index (Phi) is 5.61. The van der Waals surface area contributed by atoms with Gasteiger partial charge in [-0.2, -0.15) is 0 Å². The zero-order chi connectivity index (χ0) is 21.4. The number of nitro benzene ring substituents is 1. The highest BCUT2D eigenvalue weighted by molar-refractivity contribution is 5.86. The summed E-state index contributed by atoms with van der Waals surface area (Å²) >= 11 is 0. The molecule has 0 saturated carbocycles. The van der Waals surface area contributed by atoms with Crippen molar-refractivity contribution < 1.29 is 29.5 Å². The third kappa shape index (κ3) is 2.86.